The molecular formula is C18H17ClN4O3. The Kier molecular flexibility index (Phi) is 5.38. The van der Waals surface area contributed by atoms with Crippen molar-refractivity contribution < 1.29 is 13.9 Å². The van der Waals surface area contributed by atoms with Crippen molar-refractivity contribution in [2.24, 2.45) is 0 Å². The Morgan fingerprint density at radius 3 is 2.85 bits per heavy atom. The first-order valence-electron chi connectivity index (χ1n) is 7.82. The molecule has 0 saturated carbocycles. The summed E-state index contributed by atoms with van der Waals surface area (Å²) in [6.45, 7) is 2.33. The number of hydrogen-bond acceptors (Lipinski definition) is 7. The van der Waals surface area contributed by atoms with Crippen LogP contribution in [0.15, 0.2) is 47.1 Å². The molecule has 3 aromatic rings. The van der Waals surface area contributed by atoms with Crippen LogP contribution in [0, 0.1) is 6.92 Å². The summed E-state index contributed by atoms with van der Waals surface area (Å²) in [6, 6.07) is 10.3. The van der Waals surface area contributed by atoms with Crippen LogP contribution in [-0.4, -0.2) is 23.0 Å². The topological polar surface area (TPSA) is 89.3 Å². The molecule has 0 amide bonds. The number of carbonyl (C=O) groups excluding carboxylic acids is 1. The summed E-state index contributed by atoms with van der Waals surface area (Å²) in [6.07, 6.45) is 1.61. The minimum Gasteiger partial charge on any atom is -0.467 e. The summed E-state index contributed by atoms with van der Waals surface area (Å²) in [5.41, 5.74) is 1.70. The third kappa shape index (κ3) is 4.31. The molecule has 134 valence electrons. The number of halogens is 1. The van der Waals surface area contributed by atoms with Gasteiger partial charge in [0.05, 0.1) is 36.2 Å². The summed E-state index contributed by atoms with van der Waals surface area (Å²) in [4.78, 5) is 20.5. The number of hydrogen-bond donors (Lipinski definition) is 2. The maximum absolute atomic E-state index is 11.7. The number of ether oxygens (including phenoxy) is 1. The Balaban J connectivity index is 1.80. The molecule has 1 aromatic carbocycles. The number of rotatable bonds is 6. The van der Waals surface area contributed by atoms with E-state index in [0.29, 0.717) is 34.6 Å². The number of anilines is 3. The molecule has 0 unspecified atom stereocenters. The van der Waals surface area contributed by atoms with Gasteiger partial charge in [-0.05, 0) is 37.3 Å². The zero-order chi connectivity index (χ0) is 18.5. The van der Waals surface area contributed by atoms with Crippen LogP contribution in [0.4, 0.5) is 17.5 Å². The summed E-state index contributed by atoms with van der Waals surface area (Å²) in [5, 5.41) is 6.67. The quantitative estimate of drug-likeness (QED) is 0.627. The Bertz CT molecular complexity index is 913. The predicted octanol–water partition coefficient (Wildman–Crippen LogP) is 4.17. The van der Waals surface area contributed by atoms with E-state index in [4.69, 9.17) is 20.8 Å². The van der Waals surface area contributed by atoms with Crippen LogP contribution in [0.5, 0.6) is 0 Å². The molecule has 0 aliphatic rings. The van der Waals surface area contributed by atoms with Crippen molar-refractivity contribution in [3.05, 3.63) is 64.7 Å². The number of benzene rings is 1. The molecule has 2 aromatic heterocycles. The molecule has 0 bridgehead atoms. The largest absolute Gasteiger partial charge is 0.467 e. The normalized spacial score (nSPS) is 10.4. The minimum absolute atomic E-state index is 0.390. The molecule has 0 radical (unpaired) electrons. The predicted molar refractivity (Wildman–Crippen MR) is 98.9 cm³/mol. The Hall–Kier alpha value is -3.06. The van der Waals surface area contributed by atoms with Crippen LogP contribution >= 0.6 is 11.6 Å². The maximum atomic E-state index is 11.7. The molecule has 26 heavy (non-hydrogen) atoms. The van der Waals surface area contributed by atoms with Crippen LogP contribution in [0.1, 0.15) is 21.8 Å². The average molecular weight is 373 g/mol. The van der Waals surface area contributed by atoms with Gasteiger partial charge in [-0.3, -0.25) is 0 Å². The number of furan rings is 1. The van der Waals surface area contributed by atoms with Crippen molar-refractivity contribution in [2.75, 3.05) is 17.7 Å². The number of nitrogens with one attached hydrogen (secondary N) is 2. The van der Waals surface area contributed by atoms with Gasteiger partial charge in [-0.25, -0.2) is 9.78 Å². The first kappa shape index (κ1) is 17.8. The number of carbonyl (C=O) groups is 1. The third-order valence-corrected chi connectivity index (χ3v) is 3.83. The van der Waals surface area contributed by atoms with Gasteiger partial charge in [-0.2, -0.15) is 4.98 Å². The molecule has 0 atom stereocenters. The zero-order valence-electron chi connectivity index (χ0n) is 14.2. The number of aryl methyl sites for hydroxylation is 1. The summed E-state index contributed by atoms with van der Waals surface area (Å²) in [7, 11) is 1.33. The highest BCUT2D eigenvalue weighted by Gasteiger charge is 2.11. The van der Waals surface area contributed by atoms with Crippen molar-refractivity contribution in [2.45, 2.75) is 13.5 Å². The van der Waals surface area contributed by atoms with Gasteiger partial charge in [0.25, 0.3) is 0 Å². The minimum atomic E-state index is -0.440. The van der Waals surface area contributed by atoms with Crippen molar-refractivity contribution in [1.82, 2.24) is 9.97 Å². The highest BCUT2D eigenvalue weighted by atomic mass is 35.5. The van der Waals surface area contributed by atoms with Crippen LogP contribution in [0.3, 0.4) is 0 Å². The lowest BCUT2D eigenvalue weighted by molar-refractivity contribution is 0.0601. The molecule has 0 aliphatic carbocycles. The van der Waals surface area contributed by atoms with E-state index in [2.05, 4.69) is 20.6 Å². The van der Waals surface area contributed by atoms with Crippen molar-refractivity contribution in [3.63, 3.8) is 0 Å². The van der Waals surface area contributed by atoms with Crippen LogP contribution in [0.25, 0.3) is 0 Å². The number of methoxy groups -OCH3 is 1. The molecule has 2 N–H and O–H groups in total. The summed E-state index contributed by atoms with van der Waals surface area (Å²) >= 11 is 6.22. The highest BCUT2D eigenvalue weighted by molar-refractivity contribution is 6.33. The Morgan fingerprint density at radius 2 is 2.12 bits per heavy atom. The van der Waals surface area contributed by atoms with E-state index in [1.807, 2.05) is 19.1 Å². The fraction of sp³-hybridized carbons (Fsp3) is 0.167. The van der Waals surface area contributed by atoms with E-state index in [1.165, 1.54) is 7.11 Å². The van der Waals surface area contributed by atoms with Gasteiger partial charge in [0.15, 0.2) is 0 Å². The molecular weight excluding hydrogens is 356 g/mol. The second-order valence-electron chi connectivity index (χ2n) is 5.46. The number of nitrogens with zero attached hydrogens (tertiary/aromatic N) is 2. The van der Waals surface area contributed by atoms with Crippen molar-refractivity contribution in [1.29, 1.82) is 0 Å². The van der Waals surface area contributed by atoms with Gasteiger partial charge in [0.2, 0.25) is 5.95 Å². The van der Waals surface area contributed by atoms with E-state index in [1.54, 1.807) is 30.5 Å². The van der Waals surface area contributed by atoms with Gasteiger partial charge in [-0.1, -0.05) is 11.6 Å². The SMILES string of the molecule is COC(=O)c1ccc(Cl)c(Nc2cc(C)nc(NCc3ccco3)n2)c1. The molecule has 7 nitrogen and oxygen atoms in total. The summed E-state index contributed by atoms with van der Waals surface area (Å²) < 4.78 is 10.0. The van der Waals surface area contributed by atoms with Crippen molar-refractivity contribution in [3.8, 4) is 0 Å². The van der Waals surface area contributed by atoms with Crippen molar-refractivity contribution >= 4 is 35.0 Å². The van der Waals surface area contributed by atoms with Gasteiger partial charge in [-0.15, -0.1) is 0 Å². The van der Waals surface area contributed by atoms with E-state index in [0.717, 1.165) is 11.5 Å². The van der Waals surface area contributed by atoms with Crippen LogP contribution < -0.4 is 10.6 Å². The second kappa shape index (κ2) is 7.88. The smallest absolute Gasteiger partial charge is 0.337 e. The fourth-order valence-electron chi connectivity index (χ4n) is 2.29. The fourth-order valence-corrected chi connectivity index (χ4v) is 2.46. The van der Waals surface area contributed by atoms with Crippen LogP contribution in [0.2, 0.25) is 5.02 Å². The molecule has 8 heteroatoms. The van der Waals surface area contributed by atoms with E-state index >= 15 is 0 Å². The van der Waals surface area contributed by atoms with E-state index < -0.39 is 5.97 Å². The van der Waals surface area contributed by atoms with Gasteiger partial charge in [0, 0.05) is 11.8 Å². The monoisotopic (exact) mass is 372 g/mol. The molecule has 0 saturated heterocycles. The molecule has 2 heterocycles. The molecule has 3 rings (SSSR count). The lowest BCUT2D eigenvalue weighted by atomic mass is 10.2. The highest BCUT2D eigenvalue weighted by Crippen LogP contribution is 2.27. The maximum Gasteiger partial charge on any atom is 0.337 e. The summed E-state index contributed by atoms with van der Waals surface area (Å²) in [5.74, 6) is 1.33. The van der Waals surface area contributed by atoms with Gasteiger partial charge in [0.1, 0.15) is 11.6 Å². The zero-order valence-corrected chi connectivity index (χ0v) is 15.0. The Labute approximate surface area is 155 Å². The standard InChI is InChI=1S/C18H17ClN4O3/c1-11-8-16(23-18(21-11)20-10-13-4-3-7-26-13)22-15-9-12(17(24)25-2)5-6-14(15)19/h3-9H,10H2,1-2H3,(H2,20,21,22,23). The average Bonchev–Trinajstić information content (AvgIpc) is 3.14. The van der Waals surface area contributed by atoms with E-state index in [9.17, 15) is 4.79 Å². The molecule has 0 fully saturated rings. The first-order chi connectivity index (χ1) is 12.5. The third-order valence-electron chi connectivity index (χ3n) is 3.51. The lowest BCUT2D eigenvalue weighted by Gasteiger charge is -2.11. The number of aromatic nitrogens is 2. The van der Waals surface area contributed by atoms with E-state index in [-0.39, 0.29) is 0 Å². The number of esters is 1. The van der Waals surface area contributed by atoms with Gasteiger partial charge < -0.3 is 19.8 Å². The molecule has 0 aliphatic heterocycles. The first-order valence-corrected chi connectivity index (χ1v) is 8.20. The van der Waals surface area contributed by atoms with Crippen LogP contribution in [-0.2, 0) is 11.3 Å². The lowest BCUT2D eigenvalue weighted by Crippen LogP contribution is -2.06. The second-order valence-corrected chi connectivity index (χ2v) is 5.87. The Morgan fingerprint density at radius 1 is 1.27 bits per heavy atom. The van der Waals surface area contributed by atoms with Gasteiger partial charge >= 0.3 is 5.97 Å². The molecule has 0 spiro atoms.